The van der Waals surface area contributed by atoms with E-state index in [9.17, 15) is 0 Å². The fourth-order valence-electron chi connectivity index (χ4n) is 9.40. The number of furan rings is 2. The van der Waals surface area contributed by atoms with Gasteiger partial charge in [-0.05, 0) is 92.5 Å². The minimum absolute atomic E-state index is 0.842. The number of benzene rings is 10. The van der Waals surface area contributed by atoms with Crippen LogP contribution in [0.25, 0.3) is 99.5 Å². The molecule has 296 valence electrons. The number of para-hydroxylation sites is 4. The molecule has 12 rings (SSSR count). The van der Waals surface area contributed by atoms with Crippen molar-refractivity contribution in [3.05, 3.63) is 237 Å². The van der Waals surface area contributed by atoms with Crippen LogP contribution in [0, 0.1) is 0 Å². The van der Waals surface area contributed by atoms with Crippen LogP contribution in [-0.2, 0) is 0 Å². The molecule has 2 heterocycles. The van der Waals surface area contributed by atoms with Crippen LogP contribution >= 0.6 is 0 Å². The monoisotopic (exact) mass is 805 g/mol. The molecule has 2 aromatic heterocycles. The van der Waals surface area contributed by atoms with E-state index in [1.807, 2.05) is 24.3 Å². The molecule has 3 nitrogen and oxygen atoms in total. The standard InChI is InChI=1S/C60H39NO2/c1-3-16-40(17-4-1)46-20-7-8-23-52(46)58-47(41-18-5-2-6-19-41)24-13-25-48(58)42-32-36-44(37-33-42)61(55-29-15-28-54-51-22-10-12-31-57(51)63-60(54)55)45-38-34-43(35-39-45)49-26-14-27-53-50-21-9-11-30-56(50)62-59(49)53/h1-39H. The number of hydrogen-bond acceptors (Lipinski definition) is 3. The quantitative estimate of drug-likeness (QED) is 0.153. The van der Waals surface area contributed by atoms with Crippen LogP contribution in [0.1, 0.15) is 0 Å². The Labute approximate surface area is 365 Å². The topological polar surface area (TPSA) is 29.5 Å². The molecule has 0 saturated heterocycles. The molecule has 0 amide bonds. The average Bonchev–Trinajstić information content (AvgIpc) is 3.94. The fourth-order valence-corrected chi connectivity index (χ4v) is 9.40. The highest BCUT2D eigenvalue weighted by molar-refractivity contribution is 6.11. The molecular weight excluding hydrogens is 767 g/mol. The predicted octanol–water partition coefficient (Wildman–Crippen LogP) is 17.3. The summed E-state index contributed by atoms with van der Waals surface area (Å²) in [6.07, 6.45) is 0. The van der Waals surface area contributed by atoms with Gasteiger partial charge in [0.25, 0.3) is 0 Å². The van der Waals surface area contributed by atoms with Gasteiger partial charge in [-0.15, -0.1) is 0 Å². The van der Waals surface area contributed by atoms with Crippen molar-refractivity contribution < 1.29 is 8.83 Å². The van der Waals surface area contributed by atoms with Gasteiger partial charge in [-0.25, -0.2) is 0 Å². The van der Waals surface area contributed by atoms with E-state index in [1.165, 1.54) is 38.9 Å². The number of fused-ring (bicyclic) bond motifs is 6. The Kier molecular flexibility index (Phi) is 8.83. The number of anilines is 3. The lowest BCUT2D eigenvalue weighted by atomic mass is 9.84. The van der Waals surface area contributed by atoms with E-state index >= 15 is 0 Å². The van der Waals surface area contributed by atoms with Crippen molar-refractivity contribution in [1.29, 1.82) is 0 Å². The Morgan fingerprint density at radius 2 is 0.651 bits per heavy atom. The molecular formula is C60H39NO2. The zero-order chi connectivity index (χ0) is 41.7. The summed E-state index contributed by atoms with van der Waals surface area (Å²) in [5.41, 5.74) is 18.1. The van der Waals surface area contributed by atoms with Gasteiger partial charge in [-0.2, -0.15) is 0 Å². The van der Waals surface area contributed by atoms with E-state index in [1.54, 1.807) is 0 Å². The minimum atomic E-state index is 0.842. The number of hydrogen-bond donors (Lipinski definition) is 0. The molecule has 0 aliphatic rings. The van der Waals surface area contributed by atoms with Gasteiger partial charge in [0.1, 0.15) is 16.7 Å². The minimum Gasteiger partial charge on any atom is -0.455 e. The maximum absolute atomic E-state index is 6.68. The van der Waals surface area contributed by atoms with Gasteiger partial charge in [-0.1, -0.05) is 194 Å². The zero-order valence-electron chi connectivity index (χ0n) is 34.3. The second-order valence-corrected chi connectivity index (χ2v) is 16.0. The van der Waals surface area contributed by atoms with Crippen molar-refractivity contribution in [3.63, 3.8) is 0 Å². The van der Waals surface area contributed by atoms with Gasteiger partial charge in [0.2, 0.25) is 0 Å². The Morgan fingerprint density at radius 3 is 1.27 bits per heavy atom. The van der Waals surface area contributed by atoms with E-state index < -0.39 is 0 Å². The Hall–Kier alpha value is -8.40. The second kappa shape index (κ2) is 15.3. The Morgan fingerprint density at radius 1 is 0.254 bits per heavy atom. The molecule has 0 N–H and O–H groups in total. The first-order chi connectivity index (χ1) is 31.3. The van der Waals surface area contributed by atoms with Crippen LogP contribution < -0.4 is 4.90 Å². The largest absolute Gasteiger partial charge is 0.455 e. The molecule has 0 atom stereocenters. The van der Waals surface area contributed by atoms with Crippen molar-refractivity contribution in [3.8, 4) is 55.6 Å². The molecule has 12 aromatic rings. The van der Waals surface area contributed by atoms with Gasteiger partial charge >= 0.3 is 0 Å². The SMILES string of the molecule is c1ccc(-c2ccccc2-c2c(-c3ccccc3)cccc2-c2ccc(N(c3ccc(-c4cccc5c4oc4ccccc45)cc3)c3cccc4c3oc3ccccc34)cc2)cc1. The Balaban J connectivity index is 1.01. The van der Waals surface area contributed by atoms with Gasteiger partial charge in [-0.3, -0.25) is 0 Å². The van der Waals surface area contributed by atoms with Crippen molar-refractivity contribution in [2.24, 2.45) is 0 Å². The molecule has 0 unspecified atom stereocenters. The van der Waals surface area contributed by atoms with E-state index in [-0.39, 0.29) is 0 Å². The van der Waals surface area contributed by atoms with Gasteiger partial charge in [0.15, 0.2) is 5.58 Å². The van der Waals surface area contributed by atoms with Crippen LogP contribution in [0.3, 0.4) is 0 Å². The molecule has 0 aliphatic heterocycles. The highest BCUT2D eigenvalue weighted by Gasteiger charge is 2.22. The Bertz CT molecular complexity index is 3600. The molecule has 0 radical (unpaired) electrons. The summed E-state index contributed by atoms with van der Waals surface area (Å²) in [4.78, 5) is 2.31. The highest BCUT2D eigenvalue weighted by Crippen LogP contribution is 2.47. The predicted molar refractivity (Wildman–Crippen MR) is 263 cm³/mol. The van der Waals surface area contributed by atoms with Crippen LogP contribution in [-0.4, -0.2) is 0 Å². The first-order valence-corrected chi connectivity index (χ1v) is 21.4. The summed E-state index contributed by atoms with van der Waals surface area (Å²) in [5, 5.41) is 4.42. The van der Waals surface area contributed by atoms with E-state index in [2.05, 4.69) is 217 Å². The summed E-state index contributed by atoms with van der Waals surface area (Å²) >= 11 is 0. The van der Waals surface area contributed by atoms with E-state index in [0.717, 1.165) is 77.6 Å². The molecule has 0 fully saturated rings. The summed E-state index contributed by atoms with van der Waals surface area (Å²) in [7, 11) is 0. The molecule has 0 saturated carbocycles. The van der Waals surface area contributed by atoms with Gasteiger partial charge < -0.3 is 13.7 Å². The highest BCUT2D eigenvalue weighted by atomic mass is 16.3. The second-order valence-electron chi connectivity index (χ2n) is 16.0. The van der Waals surface area contributed by atoms with Gasteiger partial charge in [0.05, 0.1) is 5.69 Å². The zero-order valence-corrected chi connectivity index (χ0v) is 34.3. The lowest BCUT2D eigenvalue weighted by molar-refractivity contribution is 0.669. The number of nitrogens with zero attached hydrogens (tertiary/aromatic N) is 1. The van der Waals surface area contributed by atoms with Crippen LogP contribution in [0.15, 0.2) is 245 Å². The molecule has 0 aliphatic carbocycles. The van der Waals surface area contributed by atoms with E-state index in [0.29, 0.717) is 0 Å². The molecule has 3 heteroatoms. The molecule has 0 spiro atoms. The van der Waals surface area contributed by atoms with Crippen molar-refractivity contribution in [1.82, 2.24) is 0 Å². The summed E-state index contributed by atoms with van der Waals surface area (Å²) in [6, 6.07) is 84.0. The third kappa shape index (κ3) is 6.29. The van der Waals surface area contributed by atoms with Crippen molar-refractivity contribution in [2.75, 3.05) is 4.90 Å². The smallest absolute Gasteiger partial charge is 0.159 e. The molecule has 10 aromatic carbocycles. The summed E-state index contributed by atoms with van der Waals surface area (Å²) in [6.45, 7) is 0. The average molecular weight is 806 g/mol. The first-order valence-electron chi connectivity index (χ1n) is 21.4. The number of rotatable bonds is 8. The molecule has 63 heavy (non-hydrogen) atoms. The maximum Gasteiger partial charge on any atom is 0.159 e. The molecule has 0 bridgehead atoms. The normalized spacial score (nSPS) is 11.5. The fraction of sp³-hybridized carbons (Fsp3) is 0. The summed E-state index contributed by atoms with van der Waals surface area (Å²) < 4.78 is 13.1. The van der Waals surface area contributed by atoms with Crippen LogP contribution in [0.5, 0.6) is 0 Å². The van der Waals surface area contributed by atoms with Crippen molar-refractivity contribution >= 4 is 60.9 Å². The van der Waals surface area contributed by atoms with Crippen LogP contribution in [0.2, 0.25) is 0 Å². The van der Waals surface area contributed by atoms with Crippen molar-refractivity contribution in [2.45, 2.75) is 0 Å². The van der Waals surface area contributed by atoms with Crippen LogP contribution in [0.4, 0.5) is 17.1 Å². The van der Waals surface area contributed by atoms with Gasteiger partial charge in [0, 0.05) is 38.5 Å². The third-order valence-corrected chi connectivity index (χ3v) is 12.3. The van der Waals surface area contributed by atoms with E-state index in [4.69, 9.17) is 8.83 Å². The lowest BCUT2D eigenvalue weighted by Crippen LogP contribution is -2.10. The third-order valence-electron chi connectivity index (χ3n) is 12.3. The lowest BCUT2D eigenvalue weighted by Gasteiger charge is -2.26. The first kappa shape index (κ1) is 36.5. The maximum atomic E-state index is 6.68. The summed E-state index contributed by atoms with van der Waals surface area (Å²) in [5.74, 6) is 0.